The van der Waals surface area contributed by atoms with Crippen LogP contribution in [0, 0.1) is 0 Å². The molecule has 1 unspecified atom stereocenters. The van der Waals surface area contributed by atoms with E-state index in [2.05, 4.69) is 4.98 Å². The highest BCUT2D eigenvalue weighted by Crippen LogP contribution is 2.31. The molecule has 0 saturated carbocycles. The monoisotopic (exact) mass is 217 g/mol. The summed E-state index contributed by atoms with van der Waals surface area (Å²) in [5, 5.41) is 0. The lowest BCUT2D eigenvalue weighted by Gasteiger charge is -2.12. The van der Waals surface area contributed by atoms with Crippen molar-refractivity contribution in [3.8, 4) is 0 Å². The molecule has 1 rings (SSSR count). The molecule has 0 spiro atoms. The summed E-state index contributed by atoms with van der Waals surface area (Å²) in [6.07, 6.45) is -0.0902. The van der Waals surface area contributed by atoms with E-state index in [-0.39, 0.29) is 5.92 Å². The maximum Gasteiger partial charge on any atom is 0.417 e. The Morgan fingerprint density at radius 2 is 2.00 bits per heavy atom. The summed E-state index contributed by atoms with van der Waals surface area (Å²) in [5.74, 6) is 0.129. The van der Waals surface area contributed by atoms with Crippen LogP contribution in [0.1, 0.15) is 43.7 Å². The van der Waals surface area contributed by atoms with E-state index in [0.717, 1.165) is 19.0 Å². The summed E-state index contributed by atoms with van der Waals surface area (Å²) in [4.78, 5) is 3.63. The molecule has 1 atom stereocenters. The van der Waals surface area contributed by atoms with E-state index in [4.69, 9.17) is 0 Å². The number of nitrogens with zero attached hydrogens (tertiary/aromatic N) is 1. The topological polar surface area (TPSA) is 12.9 Å². The van der Waals surface area contributed by atoms with Crippen molar-refractivity contribution in [1.82, 2.24) is 4.98 Å². The third kappa shape index (κ3) is 3.22. The predicted octanol–water partition coefficient (Wildman–Crippen LogP) is 4.00. The molecule has 0 aliphatic rings. The number of halogens is 3. The Bertz CT molecular complexity index is 320. The van der Waals surface area contributed by atoms with Gasteiger partial charge in [-0.25, -0.2) is 0 Å². The standard InChI is InChI=1S/C11H14F3N/c1-3-4-8(2)9-5-10(7-15-6-9)11(12,13)14/h5-8H,3-4H2,1-2H3. The van der Waals surface area contributed by atoms with Crippen molar-refractivity contribution in [2.45, 2.75) is 38.8 Å². The van der Waals surface area contributed by atoms with E-state index < -0.39 is 11.7 Å². The fourth-order valence-electron chi connectivity index (χ4n) is 1.48. The fourth-order valence-corrected chi connectivity index (χ4v) is 1.48. The molecule has 15 heavy (non-hydrogen) atoms. The zero-order valence-electron chi connectivity index (χ0n) is 8.80. The van der Waals surface area contributed by atoms with E-state index in [0.29, 0.717) is 5.56 Å². The molecule has 0 bridgehead atoms. The summed E-state index contributed by atoms with van der Waals surface area (Å²) >= 11 is 0. The van der Waals surface area contributed by atoms with Crippen LogP contribution in [-0.4, -0.2) is 4.98 Å². The zero-order valence-corrected chi connectivity index (χ0v) is 8.80. The van der Waals surface area contributed by atoms with Crippen molar-refractivity contribution in [2.24, 2.45) is 0 Å². The van der Waals surface area contributed by atoms with Gasteiger partial charge in [0.05, 0.1) is 5.56 Å². The Labute approximate surface area is 87.3 Å². The number of rotatable bonds is 3. The summed E-state index contributed by atoms with van der Waals surface area (Å²) < 4.78 is 37.1. The van der Waals surface area contributed by atoms with Crippen LogP contribution in [0.3, 0.4) is 0 Å². The van der Waals surface area contributed by atoms with Gasteiger partial charge in [0.1, 0.15) is 0 Å². The molecule has 0 radical (unpaired) electrons. The lowest BCUT2D eigenvalue weighted by Crippen LogP contribution is -2.07. The number of alkyl halides is 3. The maximum absolute atomic E-state index is 12.4. The van der Waals surface area contributed by atoms with E-state index in [1.165, 1.54) is 12.3 Å². The van der Waals surface area contributed by atoms with Crippen LogP contribution in [0.25, 0.3) is 0 Å². The van der Waals surface area contributed by atoms with Crippen molar-refractivity contribution >= 4 is 0 Å². The van der Waals surface area contributed by atoms with E-state index in [1.807, 2.05) is 13.8 Å². The van der Waals surface area contributed by atoms with Gasteiger partial charge in [0.2, 0.25) is 0 Å². The van der Waals surface area contributed by atoms with E-state index >= 15 is 0 Å². The molecular weight excluding hydrogens is 203 g/mol. The molecule has 0 aliphatic carbocycles. The van der Waals surface area contributed by atoms with Crippen molar-refractivity contribution < 1.29 is 13.2 Å². The number of aromatic nitrogens is 1. The minimum absolute atomic E-state index is 0.129. The van der Waals surface area contributed by atoms with Gasteiger partial charge in [0.15, 0.2) is 0 Å². The quantitative estimate of drug-likeness (QED) is 0.745. The molecule has 0 fully saturated rings. The molecule has 0 N–H and O–H groups in total. The van der Waals surface area contributed by atoms with Gasteiger partial charge in [0, 0.05) is 12.4 Å². The molecular formula is C11H14F3N. The van der Waals surface area contributed by atoms with Gasteiger partial charge < -0.3 is 0 Å². The molecule has 84 valence electrons. The largest absolute Gasteiger partial charge is 0.417 e. The zero-order chi connectivity index (χ0) is 11.5. The second kappa shape index (κ2) is 4.64. The second-order valence-corrected chi connectivity index (χ2v) is 3.69. The second-order valence-electron chi connectivity index (χ2n) is 3.69. The molecule has 1 aromatic heterocycles. The van der Waals surface area contributed by atoms with Gasteiger partial charge in [-0.2, -0.15) is 13.2 Å². The normalized spacial score (nSPS) is 13.9. The Balaban J connectivity index is 2.92. The van der Waals surface area contributed by atoms with Crippen LogP contribution in [-0.2, 0) is 6.18 Å². The van der Waals surface area contributed by atoms with Crippen LogP contribution < -0.4 is 0 Å². The maximum atomic E-state index is 12.4. The van der Waals surface area contributed by atoms with Crippen LogP contribution >= 0.6 is 0 Å². The number of hydrogen-bond acceptors (Lipinski definition) is 1. The van der Waals surface area contributed by atoms with Gasteiger partial charge in [-0.15, -0.1) is 0 Å². The van der Waals surface area contributed by atoms with Crippen LogP contribution in [0.15, 0.2) is 18.5 Å². The molecule has 1 nitrogen and oxygen atoms in total. The van der Waals surface area contributed by atoms with Crippen molar-refractivity contribution in [3.05, 3.63) is 29.6 Å². The Hall–Kier alpha value is -1.06. The molecule has 1 heterocycles. The molecule has 0 aromatic carbocycles. The van der Waals surface area contributed by atoms with E-state index in [9.17, 15) is 13.2 Å². The summed E-state index contributed by atoms with van der Waals surface area (Å²) in [6, 6.07) is 1.19. The minimum Gasteiger partial charge on any atom is -0.264 e. The highest BCUT2D eigenvalue weighted by atomic mass is 19.4. The number of hydrogen-bond donors (Lipinski definition) is 0. The van der Waals surface area contributed by atoms with Gasteiger partial charge in [-0.05, 0) is 24.0 Å². The van der Waals surface area contributed by atoms with Crippen LogP contribution in [0.5, 0.6) is 0 Å². The van der Waals surface area contributed by atoms with Gasteiger partial charge in [-0.1, -0.05) is 20.3 Å². The Kier molecular flexibility index (Phi) is 3.72. The molecule has 0 amide bonds. The molecule has 0 saturated heterocycles. The smallest absolute Gasteiger partial charge is 0.264 e. The highest BCUT2D eigenvalue weighted by Gasteiger charge is 2.31. The van der Waals surface area contributed by atoms with Gasteiger partial charge in [0.25, 0.3) is 0 Å². The Morgan fingerprint density at radius 1 is 1.33 bits per heavy atom. The predicted molar refractivity (Wildman–Crippen MR) is 52.6 cm³/mol. The average Bonchev–Trinajstić information content (AvgIpc) is 2.17. The first kappa shape index (κ1) is 12.0. The molecule has 1 aromatic rings. The van der Waals surface area contributed by atoms with Crippen LogP contribution in [0.2, 0.25) is 0 Å². The molecule has 0 aliphatic heterocycles. The average molecular weight is 217 g/mol. The lowest BCUT2D eigenvalue weighted by molar-refractivity contribution is -0.137. The fraction of sp³-hybridized carbons (Fsp3) is 0.545. The first-order valence-corrected chi connectivity index (χ1v) is 4.97. The minimum atomic E-state index is -4.30. The third-order valence-corrected chi connectivity index (χ3v) is 2.38. The summed E-state index contributed by atoms with van der Waals surface area (Å²) in [5.41, 5.74) is -0.00497. The van der Waals surface area contributed by atoms with Crippen molar-refractivity contribution in [3.63, 3.8) is 0 Å². The van der Waals surface area contributed by atoms with E-state index in [1.54, 1.807) is 0 Å². The molecule has 4 heteroatoms. The summed E-state index contributed by atoms with van der Waals surface area (Å²) in [7, 11) is 0. The first-order chi connectivity index (χ1) is 6.95. The lowest BCUT2D eigenvalue weighted by atomic mass is 9.97. The third-order valence-electron chi connectivity index (χ3n) is 2.38. The summed E-state index contributed by atoms with van der Waals surface area (Å²) in [6.45, 7) is 3.93. The number of pyridine rings is 1. The highest BCUT2D eigenvalue weighted by molar-refractivity contribution is 5.23. The Morgan fingerprint density at radius 3 is 2.53 bits per heavy atom. The van der Waals surface area contributed by atoms with Gasteiger partial charge >= 0.3 is 6.18 Å². The van der Waals surface area contributed by atoms with Crippen molar-refractivity contribution in [1.29, 1.82) is 0 Å². The first-order valence-electron chi connectivity index (χ1n) is 4.97. The van der Waals surface area contributed by atoms with Crippen molar-refractivity contribution in [2.75, 3.05) is 0 Å². The SMILES string of the molecule is CCCC(C)c1cncc(C(F)(F)F)c1. The van der Waals surface area contributed by atoms with Gasteiger partial charge in [-0.3, -0.25) is 4.98 Å². The van der Waals surface area contributed by atoms with Crippen LogP contribution in [0.4, 0.5) is 13.2 Å².